The first-order chi connectivity index (χ1) is 9.45. The maximum absolute atomic E-state index is 6.44. The predicted molar refractivity (Wildman–Crippen MR) is 82.2 cm³/mol. The van der Waals surface area contributed by atoms with E-state index < -0.39 is 0 Å². The van der Waals surface area contributed by atoms with E-state index in [2.05, 4.69) is 31.0 Å². The third-order valence-electron chi connectivity index (χ3n) is 3.85. The van der Waals surface area contributed by atoms with Crippen molar-refractivity contribution in [1.82, 2.24) is 4.98 Å². The number of nitrogens with two attached hydrogens (primary N) is 1. The molecule has 1 aromatic heterocycles. The van der Waals surface area contributed by atoms with Crippen molar-refractivity contribution in [1.29, 1.82) is 0 Å². The molecule has 0 aliphatic carbocycles. The van der Waals surface area contributed by atoms with Gasteiger partial charge < -0.3 is 10.5 Å². The molecule has 0 aliphatic rings. The molecule has 3 nitrogen and oxygen atoms in total. The van der Waals surface area contributed by atoms with E-state index >= 15 is 0 Å². The molecular formula is C17H22N2O. The lowest BCUT2D eigenvalue weighted by Crippen LogP contribution is -2.16. The zero-order valence-corrected chi connectivity index (χ0v) is 12.8. The minimum Gasteiger partial charge on any atom is -0.496 e. The Hall–Kier alpha value is -1.87. The number of pyridine rings is 1. The largest absolute Gasteiger partial charge is 0.496 e. The molecule has 106 valence electrons. The lowest BCUT2D eigenvalue weighted by Gasteiger charge is -2.20. The molecule has 0 amide bonds. The van der Waals surface area contributed by atoms with Crippen molar-refractivity contribution in [3.63, 3.8) is 0 Å². The number of hydrogen-bond acceptors (Lipinski definition) is 3. The molecule has 0 fully saturated rings. The van der Waals surface area contributed by atoms with Crippen molar-refractivity contribution in [2.24, 2.45) is 5.73 Å². The molecule has 2 N–H and O–H groups in total. The van der Waals surface area contributed by atoms with Gasteiger partial charge in [0, 0.05) is 17.0 Å². The van der Waals surface area contributed by atoms with Crippen LogP contribution in [0.1, 0.15) is 39.7 Å². The minimum absolute atomic E-state index is 0.225. The molecule has 0 spiro atoms. The van der Waals surface area contributed by atoms with Gasteiger partial charge in [-0.25, -0.2) is 0 Å². The standard InChI is InChI=1S/C17H22N2O/c1-10-6-8-15(17(20-5)12(10)3)16(18)14-9-7-11(2)19-13(14)4/h6-9,16H,18H2,1-5H3. The fourth-order valence-electron chi connectivity index (χ4n) is 2.52. The van der Waals surface area contributed by atoms with Gasteiger partial charge >= 0.3 is 0 Å². The van der Waals surface area contributed by atoms with Crippen LogP contribution < -0.4 is 10.5 Å². The first kappa shape index (κ1) is 14.5. The van der Waals surface area contributed by atoms with Crippen LogP contribution in [0.2, 0.25) is 0 Å². The average Bonchev–Trinajstić information content (AvgIpc) is 2.41. The first-order valence-corrected chi connectivity index (χ1v) is 6.79. The first-order valence-electron chi connectivity index (χ1n) is 6.79. The molecule has 20 heavy (non-hydrogen) atoms. The second-order valence-electron chi connectivity index (χ2n) is 5.23. The summed E-state index contributed by atoms with van der Waals surface area (Å²) in [5.74, 6) is 0.873. The smallest absolute Gasteiger partial charge is 0.127 e. The monoisotopic (exact) mass is 270 g/mol. The van der Waals surface area contributed by atoms with E-state index in [0.29, 0.717) is 0 Å². The summed E-state index contributed by atoms with van der Waals surface area (Å²) in [6, 6.07) is 7.96. The Bertz CT molecular complexity index is 635. The molecule has 3 heteroatoms. The fourth-order valence-corrected chi connectivity index (χ4v) is 2.52. The molecule has 2 rings (SSSR count). The Morgan fingerprint density at radius 2 is 1.65 bits per heavy atom. The quantitative estimate of drug-likeness (QED) is 0.930. The van der Waals surface area contributed by atoms with E-state index in [-0.39, 0.29) is 6.04 Å². The number of benzene rings is 1. The van der Waals surface area contributed by atoms with Crippen LogP contribution in [-0.4, -0.2) is 12.1 Å². The summed E-state index contributed by atoms with van der Waals surface area (Å²) in [6.45, 7) is 8.12. The van der Waals surface area contributed by atoms with Crippen LogP contribution in [0.4, 0.5) is 0 Å². The van der Waals surface area contributed by atoms with Crippen molar-refractivity contribution in [2.75, 3.05) is 7.11 Å². The second-order valence-corrected chi connectivity index (χ2v) is 5.23. The summed E-state index contributed by atoms with van der Waals surface area (Å²) in [4.78, 5) is 4.49. The van der Waals surface area contributed by atoms with Gasteiger partial charge in [0.15, 0.2) is 0 Å². The van der Waals surface area contributed by atoms with Gasteiger partial charge in [0.05, 0.1) is 13.2 Å². The maximum atomic E-state index is 6.44. The molecule has 1 atom stereocenters. The molecule has 1 aromatic carbocycles. The minimum atomic E-state index is -0.225. The van der Waals surface area contributed by atoms with Gasteiger partial charge in [-0.2, -0.15) is 0 Å². The van der Waals surface area contributed by atoms with Crippen LogP contribution >= 0.6 is 0 Å². The molecule has 0 saturated heterocycles. The van der Waals surface area contributed by atoms with Crippen LogP contribution in [-0.2, 0) is 0 Å². The van der Waals surface area contributed by atoms with Crippen molar-refractivity contribution in [3.8, 4) is 5.75 Å². The van der Waals surface area contributed by atoms with Gasteiger partial charge in [-0.05, 0) is 50.5 Å². The van der Waals surface area contributed by atoms with Crippen molar-refractivity contribution < 1.29 is 4.74 Å². The number of hydrogen-bond donors (Lipinski definition) is 1. The van der Waals surface area contributed by atoms with Gasteiger partial charge in [-0.3, -0.25) is 4.98 Å². The summed E-state index contributed by atoms with van der Waals surface area (Å²) < 4.78 is 5.56. The lowest BCUT2D eigenvalue weighted by atomic mass is 9.94. The molecule has 0 saturated carbocycles. The van der Waals surface area contributed by atoms with Gasteiger partial charge in [0.25, 0.3) is 0 Å². The van der Waals surface area contributed by atoms with Crippen LogP contribution in [0, 0.1) is 27.7 Å². The Morgan fingerprint density at radius 1 is 1.00 bits per heavy atom. The SMILES string of the molecule is COc1c(C(N)c2ccc(C)nc2C)ccc(C)c1C. The summed E-state index contributed by atoms with van der Waals surface area (Å²) >= 11 is 0. The molecule has 2 aromatic rings. The van der Waals surface area contributed by atoms with Crippen LogP contribution in [0.25, 0.3) is 0 Å². The highest BCUT2D eigenvalue weighted by Gasteiger charge is 2.18. The van der Waals surface area contributed by atoms with Gasteiger partial charge in [0.1, 0.15) is 5.75 Å². The molecule has 0 aliphatic heterocycles. The number of methoxy groups -OCH3 is 1. The molecule has 1 unspecified atom stereocenters. The number of aromatic nitrogens is 1. The van der Waals surface area contributed by atoms with Crippen LogP contribution in [0.3, 0.4) is 0 Å². The topological polar surface area (TPSA) is 48.1 Å². The summed E-state index contributed by atoms with van der Waals surface area (Å²) in [5, 5.41) is 0. The highest BCUT2D eigenvalue weighted by Crippen LogP contribution is 2.33. The highest BCUT2D eigenvalue weighted by atomic mass is 16.5. The van der Waals surface area contributed by atoms with Gasteiger partial charge in [0.2, 0.25) is 0 Å². The van der Waals surface area contributed by atoms with Crippen LogP contribution in [0.5, 0.6) is 5.75 Å². The number of aryl methyl sites for hydroxylation is 3. The average molecular weight is 270 g/mol. The van der Waals surface area contributed by atoms with E-state index in [1.54, 1.807) is 7.11 Å². The summed E-state index contributed by atoms with van der Waals surface area (Å²) in [7, 11) is 1.69. The van der Waals surface area contributed by atoms with Gasteiger partial charge in [-0.15, -0.1) is 0 Å². The molecule has 0 radical (unpaired) electrons. The summed E-state index contributed by atoms with van der Waals surface area (Å²) in [6.07, 6.45) is 0. The number of rotatable bonds is 3. The number of nitrogens with zero attached hydrogens (tertiary/aromatic N) is 1. The van der Waals surface area contributed by atoms with E-state index in [9.17, 15) is 0 Å². The normalized spacial score (nSPS) is 12.3. The van der Waals surface area contributed by atoms with E-state index in [4.69, 9.17) is 10.5 Å². The number of ether oxygens (including phenoxy) is 1. The summed E-state index contributed by atoms with van der Waals surface area (Å²) in [5.41, 5.74) is 12.8. The van der Waals surface area contributed by atoms with Crippen molar-refractivity contribution in [2.45, 2.75) is 33.7 Å². The Morgan fingerprint density at radius 3 is 2.25 bits per heavy atom. The Labute approximate surface area is 120 Å². The van der Waals surface area contributed by atoms with Crippen molar-refractivity contribution in [3.05, 3.63) is 57.9 Å². The second kappa shape index (κ2) is 5.63. The van der Waals surface area contributed by atoms with Gasteiger partial charge in [-0.1, -0.05) is 18.2 Å². The highest BCUT2D eigenvalue weighted by molar-refractivity contribution is 5.49. The zero-order valence-electron chi connectivity index (χ0n) is 12.8. The van der Waals surface area contributed by atoms with Crippen molar-refractivity contribution >= 4 is 0 Å². The zero-order chi connectivity index (χ0) is 14.9. The predicted octanol–water partition coefficient (Wildman–Crippen LogP) is 3.37. The van der Waals surface area contributed by atoms with E-state index in [1.807, 2.05) is 26.0 Å². The lowest BCUT2D eigenvalue weighted by molar-refractivity contribution is 0.404. The van der Waals surface area contributed by atoms with E-state index in [0.717, 1.165) is 33.8 Å². The molecule has 1 heterocycles. The Balaban J connectivity index is 2.53. The fraction of sp³-hybridized carbons (Fsp3) is 0.353. The molecular weight excluding hydrogens is 248 g/mol. The third-order valence-corrected chi connectivity index (χ3v) is 3.85. The van der Waals surface area contributed by atoms with E-state index in [1.165, 1.54) is 5.56 Å². The van der Waals surface area contributed by atoms with Crippen LogP contribution in [0.15, 0.2) is 24.3 Å². The molecule has 0 bridgehead atoms. The maximum Gasteiger partial charge on any atom is 0.127 e. The Kier molecular flexibility index (Phi) is 4.09. The third kappa shape index (κ3) is 2.54.